The van der Waals surface area contributed by atoms with Crippen LogP contribution in [0.5, 0.6) is 0 Å². The first kappa shape index (κ1) is 14.6. The monoisotopic (exact) mass is 234 g/mol. The molecule has 0 aromatic rings. The lowest BCUT2D eigenvalue weighted by molar-refractivity contribution is -0.147. The highest BCUT2D eigenvalue weighted by Gasteiger charge is 2.37. The standard InChI is InChI=1S/C10H22O4Si/c1-10(2,3)15(4,5)14-7-6-8(11)9(12)13/h8,11H,6-7H2,1-5H3,(H,12,13). The molecular formula is C10H22O4Si. The van der Waals surface area contributed by atoms with Gasteiger partial charge >= 0.3 is 5.97 Å². The second-order valence-electron chi connectivity index (χ2n) is 5.25. The van der Waals surface area contributed by atoms with E-state index in [2.05, 4.69) is 33.9 Å². The lowest BCUT2D eigenvalue weighted by Crippen LogP contribution is -2.41. The first-order valence-electron chi connectivity index (χ1n) is 5.13. The summed E-state index contributed by atoms with van der Waals surface area (Å²) in [7, 11) is -1.81. The topological polar surface area (TPSA) is 66.8 Å². The molecule has 1 unspecified atom stereocenters. The number of aliphatic hydroxyl groups excluding tert-OH is 1. The van der Waals surface area contributed by atoms with Gasteiger partial charge in [0.25, 0.3) is 0 Å². The lowest BCUT2D eigenvalue weighted by atomic mass is 10.2. The maximum Gasteiger partial charge on any atom is 0.332 e. The van der Waals surface area contributed by atoms with Gasteiger partial charge < -0.3 is 14.6 Å². The molecule has 0 fully saturated rings. The molecule has 0 radical (unpaired) electrons. The second-order valence-corrected chi connectivity index (χ2v) is 10.1. The number of aliphatic carboxylic acids is 1. The van der Waals surface area contributed by atoms with Crippen LogP contribution in [0.15, 0.2) is 0 Å². The molecule has 0 saturated carbocycles. The van der Waals surface area contributed by atoms with Gasteiger partial charge in [-0.2, -0.15) is 0 Å². The van der Waals surface area contributed by atoms with Gasteiger partial charge in [-0.3, -0.25) is 0 Å². The van der Waals surface area contributed by atoms with Crippen molar-refractivity contribution in [3.8, 4) is 0 Å². The predicted molar refractivity (Wildman–Crippen MR) is 61.4 cm³/mol. The summed E-state index contributed by atoms with van der Waals surface area (Å²) in [6.07, 6.45) is -1.16. The zero-order valence-corrected chi connectivity index (χ0v) is 11.2. The fourth-order valence-corrected chi connectivity index (χ4v) is 1.83. The maximum atomic E-state index is 10.4. The normalized spacial score (nSPS) is 15.1. The maximum absolute atomic E-state index is 10.4. The molecule has 0 bridgehead atoms. The third-order valence-electron chi connectivity index (χ3n) is 2.95. The minimum atomic E-state index is -1.81. The smallest absolute Gasteiger partial charge is 0.332 e. The van der Waals surface area contributed by atoms with Crippen molar-refractivity contribution < 1.29 is 19.4 Å². The van der Waals surface area contributed by atoms with Crippen LogP contribution >= 0.6 is 0 Å². The van der Waals surface area contributed by atoms with Gasteiger partial charge in [-0.15, -0.1) is 0 Å². The van der Waals surface area contributed by atoms with Crippen molar-refractivity contribution in [3.63, 3.8) is 0 Å². The number of carboxylic acid groups (broad SMARTS) is 1. The number of hydrogen-bond donors (Lipinski definition) is 2. The van der Waals surface area contributed by atoms with Gasteiger partial charge in [-0.1, -0.05) is 20.8 Å². The van der Waals surface area contributed by atoms with Gasteiger partial charge in [0.05, 0.1) is 0 Å². The molecule has 5 heteroatoms. The average molecular weight is 234 g/mol. The Morgan fingerprint density at radius 3 is 2.20 bits per heavy atom. The zero-order chi connectivity index (χ0) is 12.3. The number of carbonyl (C=O) groups is 1. The Kier molecular flexibility index (Phi) is 4.96. The molecule has 90 valence electrons. The molecule has 0 aliphatic carbocycles. The van der Waals surface area contributed by atoms with Crippen LogP contribution in [0.2, 0.25) is 18.1 Å². The summed E-state index contributed by atoms with van der Waals surface area (Å²) in [5.41, 5.74) is 0. The van der Waals surface area contributed by atoms with E-state index in [0.717, 1.165) is 0 Å². The van der Waals surface area contributed by atoms with Crippen LogP contribution in [0.25, 0.3) is 0 Å². The van der Waals surface area contributed by atoms with E-state index in [-0.39, 0.29) is 11.5 Å². The Bertz CT molecular complexity index is 220. The van der Waals surface area contributed by atoms with E-state index in [1.54, 1.807) is 0 Å². The molecular weight excluding hydrogens is 212 g/mol. The van der Waals surface area contributed by atoms with Gasteiger partial charge in [0.2, 0.25) is 0 Å². The molecule has 0 rings (SSSR count). The molecule has 1 atom stereocenters. The second kappa shape index (κ2) is 5.09. The van der Waals surface area contributed by atoms with Gasteiger partial charge in [0.15, 0.2) is 14.4 Å². The van der Waals surface area contributed by atoms with Crippen molar-refractivity contribution in [2.45, 2.75) is 51.4 Å². The first-order chi connectivity index (χ1) is 6.58. The molecule has 0 spiro atoms. The molecule has 0 aromatic heterocycles. The summed E-state index contributed by atoms with van der Waals surface area (Å²) in [5, 5.41) is 17.7. The van der Waals surface area contributed by atoms with E-state index in [1.165, 1.54) is 0 Å². The highest BCUT2D eigenvalue weighted by molar-refractivity contribution is 6.74. The van der Waals surface area contributed by atoms with Crippen LogP contribution in [-0.2, 0) is 9.22 Å². The zero-order valence-electron chi connectivity index (χ0n) is 10.2. The van der Waals surface area contributed by atoms with E-state index >= 15 is 0 Å². The third-order valence-corrected chi connectivity index (χ3v) is 7.48. The summed E-state index contributed by atoms with van der Waals surface area (Å²) < 4.78 is 5.73. The van der Waals surface area contributed by atoms with E-state index in [4.69, 9.17) is 14.6 Å². The molecule has 0 heterocycles. The van der Waals surface area contributed by atoms with Gasteiger partial charge in [-0.05, 0) is 18.1 Å². The van der Waals surface area contributed by atoms with Gasteiger partial charge in [0, 0.05) is 13.0 Å². The van der Waals surface area contributed by atoms with Gasteiger partial charge in [0.1, 0.15) is 0 Å². The Morgan fingerprint density at radius 2 is 1.87 bits per heavy atom. The van der Waals surface area contributed by atoms with Gasteiger partial charge in [-0.25, -0.2) is 4.79 Å². The summed E-state index contributed by atoms with van der Waals surface area (Å²) in [5.74, 6) is -1.19. The van der Waals surface area contributed by atoms with Crippen LogP contribution < -0.4 is 0 Å². The highest BCUT2D eigenvalue weighted by atomic mass is 28.4. The summed E-state index contributed by atoms with van der Waals surface area (Å²) in [6.45, 7) is 10.9. The lowest BCUT2D eigenvalue weighted by Gasteiger charge is -2.36. The Labute approximate surface area is 92.4 Å². The first-order valence-corrected chi connectivity index (χ1v) is 8.03. The minimum absolute atomic E-state index is 0.112. The molecule has 0 aliphatic rings. The van der Waals surface area contributed by atoms with Crippen LogP contribution in [0.1, 0.15) is 27.2 Å². The third kappa shape index (κ3) is 4.77. The van der Waals surface area contributed by atoms with Crippen molar-refractivity contribution in [2.75, 3.05) is 6.61 Å². The molecule has 2 N–H and O–H groups in total. The molecule has 0 aliphatic heterocycles. The molecule has 0 aromatic carbocycles. The number of aliphatic hydroxyl groups is 1. The number of rotatable bonds is 5. The fourth-order valence-electron chi connectivity index (χ4n) is 0.766. The van der Waals surface area contributed by atoms with Crippen molar-refractivity contribution >= 4 is 14.3 Å². The molecule has 4 nitrogen and oxygen atoms in total. The van der Waals surface area contributed by atoms with Crippen molar-refractivity contribution in [3.05, 3.63) is 0 Å². The SMILES string of the molecule is CC(C)(C)[Si](C)(C)OCCC(O)C(=O)O. The number of hydrogen-bond acceptors (Lipinski definition) is 3. The summed E-state index contributed by atoms with van der Waals surface area (Å²) >= 11 is 0. The van der Waals surface area contributed by atoms with Crippen LogP contribution in [0.4, 0.5) is 0 Å². The Balaban J connectivity index is 4.01. The van der Waals surface area contributed by atoms with Crippen molar-refractivity contribution in [2.24, 2.45) is 0 Å². The Hall–Kier alpha value is -0.393. The Morgan fingerprint density at radius 1 is 1.40 bits per heavy atom. The minimum Gasteiger partial charge on any atom is -0.479 e. The van der Waals surface area contributed by atoms with Crippen molar-refractivity contribution in [1.82, 2.24) is 0 Å². The van der Waals surface area contributed by atoms with Crippen LogP contribution in [0.3, 0.4) is 0 Å². The highest BCUT2D eigenvalue weighted by Crippen LogP contribution is 2.36. The van der Waals surface area contributed by atoms with E-state index in [0.29, 0.717) is 6.61 Å². The van der Waals surface area contributed by atoms with E-state index < -0.39 is 20.4 Å². The predicted octanol–water partition coefficient (Wildman–Crippen LogP) is 1.84. The average Bonchev–Trinajstić information content (AvgIpc) is 2.01. The van der Waals surface area contributed by atoms with E-state index in [1.807, 2.05) is 0 Å². The summed E-state index contributed by atoms with van der Waals surface area (Å²) in [4.78, 5) is 10.4. The van der Waals surface area contributed by atoms with Crippen molar-refractivity contribution in [1.29, 1.82) is 0 Å². The van der Waals surface area contributed by atoms with E-state index in [9.17, 15) is 4.79 Å². The van der Waals surface area contributed by atoms with Crippen LogP contribution in [0, 0.1) is 0 Å². The van der Waals surface area contributed by atoms with Crippen LogP contribution in [-0.4, -0.2) is 37.2 Å². The fraction of sp³-hybridized carbons (Fsp3) is 0.900. The molecule has 0 saturated heterocycles. The molecule has 15 heavy (non-hydrogen) atoms. The quantitative estimate of drug-likeness (QED) is 0.712. The largest absolute Gasteiger partial charge is 0.479 e. The number of carboxylic acids is 1. The molecule has 0 amide bonds. The summed E-state index contributed by atoms with van der Waals surface area (Å²) in [6, 6.07) is 0.